The van der Waals surface area contributed by atoms with E-state index in [0.29, 0.717) is 11.1 Å². The molecule has 0 aliphatic rings. The average molecular weight is 374 g/mol. The molecule has 0 saturated heterocycles. The number of hydrazone groups is 1. The van der Waals surface area contributed by atoms with Gasteiger partial charge in [-0.25, -0.2) is 5.43 Å². The zero-order valence-corrected chi connectivity index (χ0v) is 13.4. The van der Waals surface area contributed by atoms with Crippen LogP contribution in [-0.2, 0) is 0 Å². The number of hydrogen-bond donors (Lipinski definition) is 1. The van der Waals surface area contributed by atoms with Crippen molar-refractivity contribution in [2.45, 2.75) is 0 Å². The zero-order valence-electron chi connectivity index (χ0n) is 11.8. The first-order valence-electron chi connectivity index (χ1n) is 6.57. The SMILES string of the molecule is O=C(N/N=C\C=C\c1ccccc1[N+](=O)[O-])c1ccc(Br)cc1. The van der Waals surface area contributed by atoms with E-state index in [1.165, 1.54) is 18.4 Å². The Hall–Kier alpha value is -2.80. The van der Waals surface area contributed by atoms with Crippen LogP contribution in [0.5, 0.6) is 0 Å². The number of nitro benzene ring substituents is 1. The van der Waals surface area contributed by atoms with Gasteiger partial charge in [-0.05, 0) is 42.5 Å². The summed E-state index contributed by atoms with van der Waals surface area (Å²) in [4.78, 5) is 22.2. The van der Waals surface area contributed by atoms with Gasteiger partial charge in [0.2, 0.25) is 0 Å². The zero-order chi connectivity index (χ0) is 16.7. The van der Waals surface area contributed by atoms with Gasteiger partial charge in [0.25, 0.3) is 11.6 Å². The highest BCUT2D eigenvalue weighted by Gasteiger charge is 2.08. The highest BCUT2D eigenvalue weighted by Crippen LogP contribution is 2.18. The van der Waals surface area contributed by atoms with Gasteiger partial charge in [-0.15, -0.1) is 0 Å². The van der Waals surface area contributed by atoms with E-state index in [2.05, 4.69) is 26.5 Å². The quantitative estimate of drug-likeness (QED) is 0.491. The molecule has 0 heterocycles. The lowest BCUT2D eigenvalue weighted by Crippen LogP contribution is -2.17. The predicted octanol–water partition coefficient (Wildman–Crippen LogP) is 3.79. The van der Waals surface area contributed by atoms with Crippen LogP contribution in [0.2, 0.25) is 0 Å². The van der Waals surface area contributed by atoms with Crippen molar-refractivity contribution in [2.24, 2.45) is 5.10 Å². The lowest BCUT2D eigenvalue weighted by atomic mass is 10.2. The van der Waals surface area contributed by atoms with Gasteiger partial charge in [0.15, 0.2) is 0 Å². The van der Waals surface area contributed by atoms with Gasteiger partial charge in [0.05, 0.1) is 10.5 Å². The summed E-state index contributed by atoms with van der Waals surface area (Å²) in [6, 6.07) is 13.2. The summed E-state index contributed by atoms with van der Waals surface area (Å²) in [6.45, 7) is 0. The summed E-state index contributed by atoms with van der Waals surface area (Å²) in [6.07, 6.45) is 4.42. The number of halogens is 1. The molecule has 0 radical (unpaired) electrons. The minimum absolute atomic E-state index is 0.0102. The number of allylic oxidation sites excluding steroid dienone is 1. The van der Waals surface area contributed by atoms with Gasteiger partial charge in [0.1, 0.15) is 0 Å². The van der Waals surface area contributed by atoms with E-state index in [-0.39, 0.29) is 11.6 Å². The molecule has 1 N–H and O–H groups in total. The summed E-state index contributed by atoms with van der Waals surface area (Å²) in [5.41, 5.74) is 3.32. The third-order valence-corrected chi connectivity index (χ3v) is 3.37. The van der Waals surface area contributed by atoms with E-state index in [1.807, 2.05) is 0 Å². The maximum absolute atomic E-state index is 11.8. The van der Waals surface area contributed by atoms with Crippen molar-refractivity contribution in [1.29, 1.82) is 0 Å². The second kappa shape index (κ2) is 8.00. The Kier molecular flexibility index (Phi) is 5.76. The van der Waals surface area contributed by atoms with E-state index in [4.69, 9.17) is 0 Å². The number of nitro groups is 1. The molecule has 0 aromatic heterocycles. The van der Waals surface area contributed by atoms with E-state index in [1.54, 1.807) is 48.5 Å². The van der Waals surface area contributed by atoms with E-state index in [0.717, 1.165) is 4.47 Å². The molecule has 6 nitrogen and oxygen atoms in total. The smallest absolute Gasteiger partial charge is 0.267 e. The van der Waals surface area contributed by atoms with Crippen LogP contribution in [0.25, 0.3) is 6.08 Å². The minimum Gasteiger partial charge on any atom is -0.267 e. The van der Waals surface area contributed by atoms with Gasteiger partial charge in [-0.1, -0.05) is 28.1 Å². The van der Waals surface area contributed by atoms with Crippen molar-refractivity contribution in [2.75, 3.05) is 0 Å². The number of rotatable bonds is 5. The van der Waals surface area contributed by atoms with Crippen LogP contribution < -0.4 is 5.43 Å². The van der Waals surface area contributed by atoms with Crippen molar-refractivity contribution >= 4 is 39.8 Å². The molecule has 116 valence electrons. The first-order valence-corrected chi connectivity index (χ1v) is 7.36. The van der Waals surface area contributed by atoms with Crippen LogP contribution in [0.1, 0.15) is 15.9 Å². The molecule has 0 unspecified atom stereocenters. The lowest BCUT2D eigenvalue weighted by molar-refractivity contribution is -0.385. The van der Waals surface area contributed by atoms with E-state index in [9.17, 15) is 14.9 Å². The van der Waals surface area contributed by atoms with Crippen LogP contribution in [0, 0.1) is 10.1 Å². The highest BCUT2D eigenvalue weighted by atomic mass is 79.9. The van der Waals surface area contributed by atoms with Crippen molar-refractivity contribution < 1.29 is 9.72 Å². The summed E-state index contributed by atoms with van der Waals surface area (Å²) in [5.74, 6) is -0.340. The Morgan fingerprint density at radius 2 is 1.87 bits per heavy atom. The topological polar surface area (TPSA) is 84.6 Å². The largest absolute Gasteiger partial charge is 0.276 e. The summed E-state index contributed by atoms with van der Waals surface area (Å²) in [7, 11) is 0. The fourth-order valence-corrected chi connectivity index (χ4v) is 2.01. The van der Waals surface area contributed by atoms with Crippen LogP contribution in [0.4, 0.5) is 5.69 Å². The highest BCUT2D eigenvalue weighted by molar-refractivity contribution is 9.10. The number of nitrogens with one attached hydrogen (secondary N) is 1. The van der Waals surface area contributed by atoms with E-state index >= 15 is 0 Å². The Labute approximate surface area is 140 Å². The molecule has 0 saturated carbocycles. The standard InChI is InChI=1S/C16H12BrN3O3/c17-14-9-7-13(8-10-14)16(21)19-18-11-3-5-12-4-1-2-6-15(12)20(22)23/h1-11H,(H,19,21)/b5-3+,18-11-. The number of amides is 1. The Morgan fingerprint density at radius 1 is 1.17 bits per heavy atom. The second-order valence-corrected chi connectivity index (χ2v) is 5.32. The average Bonchev–Trinajstić information content (AvgIpc) is 2.55. The number of carbonyl (C=O) groups excluding carboxylic acids is 1. The molecule has 0 atom stereocenters. The molecule has 0 spiro atoms. The molecular formula is C16H12BrN3O3. The van der Waals surface area contributed by atoms with Crippen molar-refractivity contribution in [3.63, 3.8) is 0 Å². The summed E-state index contributed by atoms with van der Waals surface area (Å²) >= 11 is 3.29. The molecular weight excluding hydrogens is 362 g/mol. The first kappa shape index (κ1) is 16.6. The number of nitrogens with zero attached hydrogens (tertiary/aromatic N) is 2. The van der Waals surface area contributed by atoms with Crippen LogP contribution in [0.15, 0.2) is 64.2 Å². The molecule has 2 aromatic rings. The van der Waals surface area contributed by atoms with Gasteiger partial charge < -0.3 is 0 Å². The van der Waals surface area contributed by atoms with Gasteiger partial charge in [-0.2, -0.15) is 5.10 Å². The Balaban J connectivity index is 1.95. The molecule has 7 heteroatoms. The Morgan fingerprint density at radius 3 is 2.57 bits per heavy atom. The summed E-state index contributed by atoms with van der Waals surface area (Å²) < 4.78 is 0.880. The molecule has 0 aliphatic heterocycles. The number of hydrogen-bond acceptors (Lipinski definition) is 4. The van der Waals surface area contributed by atoms with Crippen LogP contribution in [-0.4, -0.2) is 17.0 Å². The molecule has 0 bridgehead atoms. The van der Waals surface area contributed by atoms with Crippen molar-refractivity contribution in [3.8, 4) is 0 Å². The number of para-hydroxylation sites is 1. The van der Waals surface area contributed by atoms with Crippen molar-refractivity contribution in [1.82, 2.24) is 5.43 Å². The third-order valence-electron chi connectivity index (χ3n) is 2.84. The maximum Gasteiger partial charge on any atom is 0.276 e. The number of benzene rings is 2. The second-order valence-electron chi connectivity index (χ2n) is 4.40. The maximum atomic E-state index is 11.8. The van der Waals surface area contributed by atoms with Crippen LogP contribution in [0.3, 0.4) is 0 Å². The molecule has 23 heavy (non-hydrogen) atoms. The third kappa shape index (κ3) is 4.86. The molecule has 0 fully saturated rings. The lowest BCUT2D eigenvalue weighted by Gasteiger charge is -1.99. The molecule has 2 aromatic carbocycles. The first-order chi connectivity index (χ1) is 11.1. The molecule has 1 amide bonds. The van der Waals surface area contributed by atoms with Crippen molar-refractivity contribution in [3.05, 3.63) is 80.3 Å². The predicted molar refractivity (Wildman–Crippen MR) is 92.2 cm³/mol. The number of carbonyl (C=O) groups is 1. The molecule has 0 aliphatic carbocycles. The molecule has 2 rings (SSSR count). The normalized spacial score (nSPS) is 11.0. The van der Waals surface area contributed by atoms with E-state index < -0.39 is 4.92 Å². The summed E-state index contributed by atoms with van der Waals surface area (Å²) in [5, 5.41) is 14.6. The fraction of sp³-hybridized carbons (Fsp3) is 0. The minimum atomic E-state index is -0.452. The Bertz CT molecular complexity index is 770. The monoisotopic (exact) mass is 373 g/mol. The van der Waals surface area contributed by atoms with Gasteiger partial charge in [0, 0.05) is 22.3 Å². The van der Waals surface area contributed by atoms with Gasteiger partial charge in [-0.3, -0.25) is 14.9 Å². The van der Waals surface area contributed by atoms with Gasteiger partial charge >= 0.3 is 0 Å². The van der Waals surface area contributed by atoms with Crippen LogP contribution >= 0.6 is 15.9 Å². The fourth-order valence-electron chi connectivity index (χ4n) is 1.75.